The second-order valence-electron chi connectivity index (χ2n) is 8.34. The van der Waals surface area contributed by atoms with Crippen LogP contribution in [0.3, 0.4) is 0 Å². The minimum Gasteiger partial charge on any atom is -0.337 e. The highest BCUT2D eigenvalue weighted by Gasteiger charge is 2.35. The van der Waals surface area contributed by atoms with Crippen LogP contribution in [0.15, 0.2) is 9.95 Å². The zero-order valence-electron chi connectivity index (χ0n) is 17.6. The number of thioether (sulfide) groups is 1. The Morgan fingerprint density at radius 1 is 1.30 bits per heavy atom. The summed E-state index contributed by atoms with van der Waals surface area (Å²) >= 11 is 2.95. The Morgan fingerprint density at radius 2 is 2.03 bits per heavy atom. The first-order valence-corrected chi connectivity index (χ1v) is 12.6. The van der Waals surface area contributed by atoms with Gasteiger partial charge in [-0.15, -0.1) is 11.3 Å². The summed E-state index contributed by atoms with van der Waals surface area (Å²) in [5, 5.41) is 13.6. The summed E-state index contributed by atoms with van der Waals surface area (Å²) in [7, 11) is 0. The van der Waals surface area contributed by atoms with E-state index >= 15 is 0 Å². The molecule has 1 amide bonds. The highest BCUT2D eigenvalue weighted by Crippen LogP contribution is 2.35. The number of nitrogens with zero attached hydrogens (tertiary/aromatic N) is 3. The number of amides is 1. The van der Waals surface area contributed by atoms with E-state index in [1.165, 1.54) is 28.6 Å². The summed E-state index contributed by atoms with van der Waals surface area (Å²) in [4.78, 5) is 33.1. The SMILES string of the molecule is CCn1c(SC(C)C(=O)NC2(C#N)CCCCC2)nc2sc3c(c2c1=O)CCCC3. The first-order chi connectivity index (χ1) is 14.5. The number of fused-ring (bicyclic) bond motifs is 3. The third-order valence-corrected chi connectivity index (χ3v) is 8.57. The van der Waals surface area contributed by atoms with E-state index in [1.807, 2.05) is 13.8 Å². The molecule has 2 aliphatic rings. The van der Waals surface area contributed by atoms with Crippen molar-refractivity contribution < 1.29 is 4.79 Å². The predicted molar refractivity (Wildman–Crippen MR) is 121 cm³/mol. The van der Waals surface area contributed by atoms with E-state index in [0.717, 1.165) is 48.7 Å². The van der Waals surface area contributed by atoms with Gasteiger partial charge in [0.05, 0.1) is 16.7 Å². The minimum atomic E-state index is -0.751. The van der Waals surface area contributed by atoms with Gasteiger partial charge in [0.2, 0.25) is 5.91 Å². The number of carbonyl (C=O) groups excluding carboxylic acids is 1. The average Bonchev–Trinajstić information content (AvgIpc) is 3.13. The van der Waals surface area contributed by atoms with Crippen LogP contribution >= 0.6 is 23.1 Å². The molecular weight excluding hydrogens is 416 g/mol. The Hall–Kier alpha value is -1.85. The zero-order chi connectivity index (χ0) is 21.3. The van der Waals surface area contributed by atoms with Crippen molar-refractivity contribution in [3.05, 3.63) is 20.8 Å². The smallest absolute Gasteiger partial charge is 0.263 e. The van der Waals surface area contributed by atoms with Crippen LogP contribution < -0.4 is 10.9 Å². The standard InChI is InChI=1S/C22H28N4O2S2/c1-3-26-20(28)17-15-9-5-6-10-16(15)30-19(17)24-21(26)29-14(2)18(27)25-22(13-23)11-7-4-8-12-22/h14H,3-12H2,1-2H3,(H,25,27). The number of carbonyl (C=O) groups is 1. The maximum absolute atomic E-state index is 13.3. The summed E-state index contributed by atoms with van der Waals surface area (Å²) < 4.78 is 1.69. The van der Waals surface area contributed by atoms with Crippen LogP contribution in [0.1, 0.15) is 69.2 Å². The van der Waals surface area contributed by atoms with Crippen LogP contribution in [-0.4, -0.2) is 26.2 Å². The molecular formula is C22H28N4O2S2. The number of hydrogen-bond donors (Lipinski definition) is 1. The average molecular weight is 445 g/mol. The van der Waals surface area contributed by atoms with E-state index in [0.29, 0.717) is 24.5 Å². The van der Waals surface area contributed by atoms with E-state index in [2.05, 4.69) is 11.4 Å². The van der Waals surface area contributed by atoms with Crippen LogP contribution in [-0.2, 0) is 24.2 Å². The second kappa shape index (κ2) is 8.72. The van der Waals surface area contributed by atoms with Gasteiger partial charge < -0.3 is 5.32 Å². The number of aryl methyl sites for hydroxylation is 2. The Labute approximate surface area is 185 Å². The van der Waals surface area contributed by atoms with Gasteiger partial charge in [-0.3, -0.25) is 14.2 Å². The van der Waals surface area contributed by atoms with Gasteiger partial charge in [0.25, 0.3) is 5.56 Å². The molecule has 30 heavy (non-hydrogen) atoms. The van der Waals surface area contributed by atoms with Crippen molar-refractivity contribution in [2.75, 3.05) is 0 Å². The summed E-state index contributed by atoms with van der Waals surface area (Å²) in [6.45, 7) is 4.28. The van der Waals surface area contributed by atoms with Crippen LogP contribution in [0.5, 0.6) is 0 Å². The molecule has 0 aromatic carbocycles. The molecule has 2 heterocycles. The lowest BCUT2D eigenvalue weighted by Gasteiger charge is -2.32. The lowest BCUT2D eigenvalue weighted by Crippen LogP contribution is -2.51. The Morgan fingerprint density at radius 3 is 2.73 bits per heavy atom. The van der Waals surface area contributed by atoms with E-state index in [9.17, 15) is 14.9 Å². The van der Waals surface area contributed by atoms with Crippen molar-refractivity contribution in [1.29, 1.82) is 5.26 Å². The van der Waals surface area contributed by atoms with Gasteiger partial charge in [-0.25, -0.2) is 4.98 Å². The molecule has 2 aliphatic carbocycles. The van der Waals surface area contributed by atoms with E-state index in [4.69, 9.17) is 4.98 Å². The molecule has 160 valence electrons. The molecule has 0 radical (unpaired) electrons. The topological polar surface area (TPSA) is 87.8 Å². The van der Waals surface area contributed by atoms with Crippen LogP contribution in [0, 0.1) is 11.3 Å². The van der Waals surface area contributed by atoms with Crippen molar-refractivity contribution in [2.45, 2.75) is 94.1 Å². The maximum Gasteiger partial charge on any atom is 0.263 e. The molecule has 0 aliphatic heterocycles. The van der Waals surface area contributed by atoms with Gasteiger partial charge in [-0.05, 0) is 57.9 Å². The van der Waals surface area contributed by atoms with Crippen molar-refractivity contribution >= 4 is 39.2 Å². The molecule has 6 nitrogen and oxygen atoms in total. The largest absolute Gasteiger partial charge is 0.337 e. The number of rotatable bonds is 5. The first-order valence-electron chi connectivity index (χ1n) is 10.9. The summed E-state index contributed by atoms with van der Waals surface area (Å²) in [6.07, 6.45) is 8.73. The third kappa shape index (κ3) is 3.90. The molecule has 1 unspecified atom stereocenters. The Kier molecular flexibility index (Phi) is 6.21. The fraction of sp³-hybridized carbons (Fsp3) is 0.636. The summed E-state index contributed by atoms with van der Waals surface area (Å²) in [5.74, 6) is -0.161. The number of nitrogens with one attached hydrogen (secondary N) is 1. The van der Waals surface area contributed by atoms with Crippen LogP contribution in [0.25, 0.3) is 10.2 Å². The third-order valence-electron chi connectivity index (χ3n) is 6.29. The van der Waals surface area contributed by atoms with Crippen LogP contribution in [0.2, 0.25) is 0 Å². The second-order valence-corrected chi connectivity index (χ2v) is 10.7. The molecule has 1 fully saturated rings. The van der Waals surface area contributed by atoms with E-state index in [1.54, 1.807) is 15.9 Å². The number of hydrogen-bond acceptors (Lipinski definition) is 6. The molecule has 2 aromatic rings. The molecule has 8 heteroatoms. The van der Waals surface area contributed by atoms with E-state index in [-0.39, 0.29) is 11.5 Å². The van der Waals surface area contributed by atoms with Crippen molar-refractivity contribution in [3.63, 3.8) is 0 Å². The molecule has 1 N–H and O–H groups in total. The molecule has 1 atom stereocenters. The summed E-state index contributed by atoms with van der Waals surface area (Å²) in [5.41, 5.74) is 0.452. The zero-order valence-corrected chi connectivity index (χ0v) is 19.3. The first kappa shape index (κ1) is 21.4. The van der Waals surface area contributed by atoms with Crippen molar-refractivity contribution in [3.8, 4) is 6.07 Å². The van der Waals surface area contributed by atoms with Gasteiger partial charge in [-0.2, -0.15) is 5.26 Å². The Balaban J connectivity index is 1.60. The molecule has 4 rings (SSSR count). The van der Waals surface area contributed by atoms with Crippen molar-refractivity contribution in [2.24, 2.45) is 0 Å². The molecule has 1 saturated carbocycles. The number of thiophene rings is 1. The minimum absolute atomic E-state index is 0.0118. The quantitative estimate of drug-likeness (QED) is 0.552. The Bertz CT molecular complexity index is 1060. The summed E-state index contributed by atoms with van der Waals surface area (Å²) in [6, 6.07) is 2.34. The highest BCUT2D eigenvalue weighted by molar-refractivity contribution is 8.00. The molecule has 2 aromatic heterocycles. The van der Waals surface area contributed by atoms with Gasteiger partial charge >= 0.3 is 0 Å². The van der Waals surface area contributed by atoms with Gasteiger partial charge in [0, 0.05) is 11.4 Å². The lowest BCUT2D eigenvalue weighted by molar-refractivity contribution is -0.121. The molecule has 0 spiro atoms. The maximum atomic E-state index is 13.3. The fourth-order valence-corrected chi connectivity index (χ4v) is 6.83. The fourth-order valence-electron chi connectivity index (χ4n) is 4.56. The number of aromatic nitrogens is 2. The van der Waals surface area contributed by atoms with Gasteiger partial charge in [0.15, 0.2) is 5.16 Å². The van der Waals surface area contributed by atoms with Crippen LogP contribution in [0.4, 0.5) is 0 Å². The monoisotopic (exact) mass is 444 g/mol. The van der Waals surface area contributed by atoms with Gasteiger partial charge in [0.1, 0.15) is 10.4 Å². The number of nitriles is 1. The lowest BCUT2D eigenvalue weighted by atomic mass is 9.83. The normalized spacial score (nSPS) is 19.1. The predicted octanol–water partition coefficient (Wildman–Crippen LogP) is 4.18. The molecule has 0 bridgehead atoms. The van der Waals surface area contributed by atoms with Gasteiger partial charge in [-0.1, -0.05) is 31.0 Å². The highest BCUT2D eigenvalue weighted by atomic mass is 32.2. The molecule has 0 saturated heterocycles. The van der Waals surface area contributed by atoms with Crippen molar-refractivity contribution in [1.82, 2.24) is 14.9 Å². The van der Waals surface area contributed by atoms with E-state index < -0.39 is 10.8 Å².